The highest BCUT2D eigenvalue weighted by Crippen LogP contribution is 2.26. The maximum atomic E-state index is 12.1. The number of amidine groups is 1. The molecule has 0 unspecified atom stereocenters. The highest BCUT2D eigenvalue weighted by atomic mass is 35.5. The summed E-state index contributed by atoms with van der Waals surface area (Å²) in [7, 11) is -2.06. The van der Waals surface area contributed by atoms with Crippen LogP contribution in [0.4, 0.5) is 0 Å². The van der Waals surface area contributed by atoms with E-state index in [1.54, 1.807) is 37.4 Å². The van der Waals surface area contributed by atoms with Gasteiger partial charge in [0.25, 0.3) is 10.0 Å². The Bertz CT molecular complexity index is 940. The van der Waals surface area contributed by atoms with E-state index >= 15 is 0 Å². The molecule has 0 aliphatic carbocycles. The number of sulfonamides is 1. The van der Waals surface area contributed by atoms with Crippen LogP contribution in [0.1, 0.15) is 11.1 Å². The predicted molar refractivity (Wildman–Crippen MR) is 96.1 cm³/mol. The molecule has 130 valence electrons. The summed E-state index contributed by atoms with van der Waals surface area (Å²) >= 11 is 5.82. The van der Waals surface area contributed by atoms with E-state index in [2.05, 4.69) is 9.71 Å². The molecule has 0 saturated carbocycles. The molecular formula is C17H16ClN3O3S. The van der Waals surface area contributed by atoms with Gasteiger partial charge in [-0.3, -0.25) is 4.79 Å². The molecule has 0 spiro atoms. The standard InChI is InChI=1S/C17H16ClN3O3S/c1-21(11-16(22)19-10-12-6-8-13(18)9-7-12)17-14-4-2-3-5-15(14)25(23,24)20-17/h2-9H,10-11H2,1H3,(H,19,22). The Hall–Kier alpha value is -2.38. The van der Waals surface area contributed by atoms with E-state index in [4.69, 9.17) is 11.6 Å². The molecule has 0 saturated heterocycles. The lowest BCUT2D eigenvalue weighted by Crippen LogP contribution is -2.38. The zero-order chi connectivity index (χ0) is 18.0. The Labute approximate surface area is 151 Å². The van der Waals surface area contributed by atoms with Gasteiger partial charge in [0, 0.05) is 24.2 Å². The van der Waals surface area contributed by atoms with Gasteiger partial charge in [0.05, 0.1) is 6.54 Å². The average molecular weight is 378 g/mol. The van der Waals surface area contributed by atoms with Crippen LogP contribution in [0, 0.1) is 0 Å². The number of amides is 1. The fraction of sp³-hybridized carbons (Fsp3) is 0.176. The van der Waals surface area contributed by atoms with Crippen LogP contribution in [0.25, 0.3) is 0 Å². The van der Waals surface area contributed by atoms with Crippen LogP contribution in [-0.4, -0.2) is 38.7 Å². The summed E-state index contributed by atoms with van der Waals surface area (Å²) in [4.78, 5) is 13.8. The van der Waals surface area contributed by atoms with Gasteiger partial charge in [-0.1, -0.05) is 35.9 Å². The normalized spacial score (nSPS) is 14.6. The third-order valence-electron chi connectivity index (χ3n) is 3.76. The fourth-order valence-electron chi connectivity index (χ4n) is 2.51. The summed E-state index contributed by atoms with van der Waals surface area (Å²) < 4.78 is 27.9. The number of nitrogens with one attached hydrogen (secondary N) is 1. The smallest absolute Gasteiger partial charge is 0.285 e. The van der Waals surface area contributed by atoms with Crippen molar-refractivity contribution in [3.05, 3.63) is 64.7 Å². The summed E-state index contributed by atoms with van der Waals surface area (Å²) in [5.41, 5.74) is 1.43. The lowest BCUT2D eigenvalue weighted by molar-refractivity contribution is -0.121. The summed E-state index contributed by atoms with van der Waals surface area (Å²) in [6, 6.07) is 13.7. The van der Waals surface area contributed by atoms with Crippen molar-refractivity contribution >= 4 is 33.4 Å². The molecule has 1 amide bonds. The fourth-order valence-corrected chi connectivity index (χ4v) is 3.89. The summed E-state index contributed by atoms with van der Waals surface area (Å²) in [5.74, 6) is 0.0409. The van der Waals surface area contributed by atoms with E-state index in [1.807, 2.05) is 12.1 Å². The van der Waals surface area contributed by atoms with E-state index in [-0.39, 0.29) is 23.2 Å². The van der Waals surface area contributed by atoms with Crippen LogP contribution < -0.4 is 5.32 Å². The van der Waals surface area contributed by atoms with Crippen molar-refractivity contribution in [1.82, 2.24) is 10.2 Å². The summed E-state index contributed by atoms with van der Waals surface area (Å²) in [6.07, 6.45) is 0. The molecule has 0 atom stereocenters. The first-order valence-corrected chi connectivity index (χ1v) is 9.35. The number of nitrogens with zero attached hydrogens (tertiary/aromatic N) is 2. The van der Waals surface area contributed by atoms with Crippen LogP contribution in [-0.2, 0) is 21.4 Å². The molecule has 0 aromatic heterocycles. The van der Waals surface area contributed by atoms with Gasteiger partial charge in [0.1, 0.15) is 4.90 Å². The molecule has 0 radical (unpaired) electrons. The van der Waals surface area contributed by atoms with Gasteiger partial charge in [-0.15, -0.1) is 4.40 Å². The maximum Gasteiger partial charge on any atom is 0.285 e. The largest absolute Gasteiger partial charge is 0.350 e. The number of hydrogen-bond donors (Lipinski definition) is 1. The number of benzene rings is 2. The van der Waals surface area contributed by atoms with Crippen LogP contribution in [0.15, 0.2) is 57.8 Å². The number of carbonyl (C=O) groups excluding carboxylic acids is 1. The van der Waals surface area contributed by atoms with Crippen molar-refractivity contribution in [1.29, 1.82) is 0 Å². The second kappa shape index (κ2) is 6.85. The molecule has 1 heterocycles. The molecule has 2 aromatic rings. The van der Waals surface area contributed by atoms with Gasteiger partial charge in [-0.05, 0) is 29.8 Å². The van der Waals surface area contributed by atoms with Crippen molar-refractivity contribution in [2.24, 2.45) is 4.40 Å². The number of halogens is 1. The molecule has 0 bridgehead atoms. The van der Waals surface area contributed by atoms with E-state index in [0.717, 1.165) is 5.56 Å². The van der Waals surface area contributed by atoms with Crippen LogP contribution in [0.5, 0.6) is 0 Å². The SMILES string of the molecule is CN(CC(=O)NCc1ccc(Cl)cc1)C1=NS(=O)(=O)c2ccccc21. The molecular weight excluding hydrogens is 362 g/mol. The Morgan fingerprint density at radius 3 is 2.56 bits per heavy atom. The number of likely N-dealkylation sites (N-methyl/N-ethyl adjacent to an activating group) is 1. The van der Waals surface area contributed by atoms with Crippen molar-refractivity contribution in [2.75, 3.05) is 13.6 Å². The molecule has 0 fully saturated rings. The van der Waals surface area contributed by atoms with Crippen molar-refractivity contribution in [3.63, 3.8) is 0 Å². The van der Waals surface area contributed by atoms with Gasteiger partial charge in [0.15, 0.2) is 5.84 Å². The van der Waals surface area contributed by atoms with E-state index in [1.165, 1.54) is 11.0 Å². The lowest BCUT2D eigenvalue weighted by Gasteiger charge is -2.18. The molecule has 25 heavy (non-hydrogen) atoms. The lowest BCUT2D eigenvalue weighted by atomic mass is 10.2. The number of fused-ring (bicyclic) bond motifs is 1. The zero-order valence-electron chi connectivity index (χ0n) is 13.4. The minimum absolute atomic E-state index is 0.00369. The Balaban J connectivity index is 1.65. The Morgan fingerprint density at radius 2 is 1.84 bits per heavy atom. The summed E-state index contributed by atoms with van der Waals surface area (Å²) in [5, 5.41) is 3.42. The van der Waals surface area contributed by atoms with Crippen LogP contribution >= 0.6 is 11.6 Å². The maximum absolute atomic E-state index is 12.1. The Kier molecular flexibility index (Phi) is 4.78. The molecule has 3 rings (SSSR count). The van der Waals surface area contributed by atoms with E-state index in [9.17, 15) is 13.2 Å². The van der Waals surface area contributed by atoms with Gasteiger partial charge in [-0.2, -0.15) is 8.42 Å². The highest BCUT2D eigenvalue weighted by Gasteiger charge is 2.30. The van der Waals surface area contributed by atoms with Gasteiger partial charge < -0.3 is 10.2 Å². The first-order valence-electron chi connectivity index (χ1n) is 7.53. The van der Waals surface area contributed by atoms with Crippen molar-refractivity contribution in [2.45, 2.75) is 11.4 Å². The van der Waals surface area contributed by atoms with Crippen LogP contribution in [0.3, 0.4) is 0 Å². The van der Waals surface area contributed by atoms with Crippen LogP contribution in [0.2, 0.25) is 5.02 Å². The molecule has 1 aliphatic rings. The minimum atomic E-state index is -3.69. The Morgan fingerprint density at radius 1 is 1.16 bits per heavy atom. The first kappa shape index (κ1) is 17.4. The molecule has 2 aromatic carbocycles. The molecule has 8 heteroatoms. The van der Waals surface area contributed by atoms with E-state index in [0.29, 0.717) is 17.1 Å². The van der Waals surface area contributed by atoms with E-state index < -0.39 is 10.0 Å². The molecule has 6 nitrogen and oxygen atoms in total. The number of rotatable bonds is 4. The van der Waals surface area contributed by atoms with Gasteiger partial charge in [0.2, 0.25) is 5.91 Å². The second-order valence-corrected chi connectivity index (χ2v) is 7.65. The number of hydrogen-bond acceptors (Lipinski definition) is 4. The first-order chi connectivity index (χ1) is 11.9. The molecule has 1 N–H and O–H groups in total. The number of carbonyl (C=O) groups is 1. The zero-order valence-corrected chi connectivity index (χ0v) is 15.0. The predicted octanol–water partition coefficient (Wildman–Crippen LogP) is 2.04. The van der Waals surface area contributed by atoms with Crippen molar-refractivity contribution in [3.8, 4) is 0 Å². The molecule has 1 aliphatic heterocycles. The topological polar surface area (TPSA) is 78.8 Å². The van der Waals surface area contributed by atoms with Gasteiger partial charge >= 0.3 is 0 Å². The monoisotopic (exact) mass is 377 g/mol. The minimum Gasteiger partial charge on any atom is -0.350 e. The highest BCUT2D eigenvalue weighted by molar-refractivity contribution is 7.90. The van der Waals surface area contributed by atoms with Crippen molar-refractivity contribution < 1.29 is 13.2 Å². The third kappa shape index (κ3) is 3.83. The average Bonchev–Trinajstić information content (AvgIpc) is 2.86. The second-order valence-electron chi connectivity index (χ2n) is 5.65. The van der Waals surface area contributed by atoms with Gasteiger partial charge in [-0.25, -0.2) is 0 Å². The third-order valence-corrected chi connectivity index (χ3v) is 5.33. The quantitative estimate of drug-likeness (QED) is 0.884. The summed E-state index contributed by atoms with van der Waals surface area (Å²) in [6.45, 7) is 0.363.